The lowest BCUT2D eigenvalue weighted by molar-refractivity contribution is 0.0955. The number of nitrogens with zero attached hydrogens (tertiary/aromatic N) is 1. The van der Waals surface area contributed by atoms with Gasteiger partial charge in [-0.3, -0.25) is 4.79 Å². The molecule has 0 atom stereocenters. The highest BCUT2D eigenvalue weighted by molar-refractivity contribution is 9.10. The van der Waals surface area contributed by atoms with Crippen LogP contribution in [0.3, 0.4) is 0 Å². The molecule has 108 valence electrons. The summed E-state index contributed by atoms with van der Waals surface area (Å²) in [5, 5.41) is 3.86. The van der Waals surface area contributed by atoms with Gasteiger partial charge in [0.1, 0.15) is 11.6 Å². The van der Waals surface area contributed by atoms with Gasteiger partial charge in [-0.1, -0.05) is 0 Å². The van der Waals surface area contributed by atoms with E-state index in [0.29, 0.717) is 11.3 Å². The Morgan fingerprint density at radius 3 is 2.62 bits per heavy atom. The standard InChI is InChI=1S/C15H12BrFN2O2/c1-21-14-7-2-10(8-13(14)16)9-18-19-15(20)11-3-5-12(17)6-4-11/h2-9H,1H3,(H,19,20)/b18-9-. The molecule has 0 unspecified atom stereocenters. The van der Waals surface area contributed by atoms with Crippen molar-refractivity contribution in [2.75, 3.05) is 7.11 Å². The van der Waals surface area contributed by atoms with Crippen molar-refractivity contribution in [3.63, 3.8) is 0 Å². The number of nitrogens with one attached hydrogen (secondary N) is 1. The van der Waals surface area contributed by atoms with Gasteiger partial charge in [0, 0.05) is 5.56 Å². The molecule has 2 rings (SSSR count). The van der Waals surface area contributed by atoms with E-state index in [2.05, 4.69) is 26.5 Å². The summed E-state index contributed by atoms with van der Waals surface area (Å²) in [6, 6.07) is 10.6. The third kappa shape index (κ3) is 4.13. The Kier molecular flexibility index (Phi) is 5.05. The molecule has 0 aliphatic rings. The van der Waals surface area contributed by atoms with Crippen LogP contribution in [0, 0.1) is 5.82 Å². The molecule has 2 aromatic carbocycles. The van der Waals surface area contributed by atoms with Gasteiger partial charge in [-0.15, -0.1) is 0 Å². The predicted octanol–water partition coefficient (Wildman–Crippen LogP) is 3.36. The van der Waals surface area contributed by atoms with Gasteiger partial charge in [-0.2, -0.15) is 5.10 Å². The van der Waals surface area contributed by atoms with Crippen LogP contribution in [0.1, 0.15) is 15.9 Å². The van der Waals surface area contributed by atoms with Crippen molar-refractivity contribution in [1.82, 2.24) is 5.43 Å². The van der Waals surface area contributed by atoms with Crippen LogP contribution in [-0.2, 0) is 0 Å². The van der Waals surface area contributed by atoms with Gasteiger partial charge in [-0.05, 0) is 64.0 Å². The Labute approximate surface area is 129 Å². The number of ether oxygens (including phenoxy) is 1. The van der Waals surface area contributed by atoms with Gasteiger partial charge in [0.2, 0.25) is 0 Å². The zero-order valence-electron chi connectivity index (χ0n) is 11.1. The quantitative estimate of drug-likeness (QED) is 0.678. The first kappa shape index (κ1) is 15.2. The molecule has 4 nitrogen and oxygen atoms in total. The summed E-state index contributed by atoms with van der Waals surface area (Å²) < 4.78 is 18.7. The van der Waals surface area contributed by atoms with Crippen LogP contribution in [0.25, 0.3) is 0 Å². The van der Waals surface area contributed by atoms with Crippen LogP contribution in [0.5, 0.6) is 5.75 Å². The summed E-state index contributed by atoms with van der Waals surface area (Å²) in [6.45, 7) is 0. The maximum Gasteiger partial charge on any atom is 0.271 e. The third-order valence-electron chi connectivity index (χ3n) is 2.66. The maximum absolute atomic E-state index is 12.7. The number of hydrogen-bond donors (Lipinski definition) is 1. The number of hydrazone groups is 1. The highest BCUT2D eigenvalue weighted by Gasteiger charge is 2.04. The largest absolute Gasteiger partial charge is 0.496 e. The number of amides is 1. The van der Waals surface area contributed by atoms with Gasteiger partial charge >= 0.3 is 0 Å². The van der Waals surface area contributed by atoms with Crippen molar-refractivity contribution in [3.8, 4) is 5.75 Å². The zero-order valence-corrected chi connectivity index (χ0v) is 12.7. The molecule has 0 aliphatic heterocycles. The third-order valence-corrected chi connectivity index (χ3v) is 3.28. The summed E-state index contributed by atoms with van der Waals surface area (Å²) in [5.41, 5.74) is 3.51. The molecule has 0 fully saturated rings. The van der Waals surface area contributed by atoms with E-state index in [9.17, 15) is 9.18 Å². The minimum Gasteiger partial charge on any atom is -0.496 e. The lowest BCUT2D eigenvalue weighted by Gasteiger charge is -2.03. The molecular formula is C15H12BrFN2O2. The molecule has 0 aliphatic carbocycles. The highest BCUT2D eigenvalue weighted by Crippen LogP contribution is 2.24. The Morgan fingerprint density at radius 2 is 2.00 bits per heavy atom. The van der Waals surface area contributed by atoms with Crippen LogP contribution in [0.2, 0.25) is 0 Å². The molecule has 1 N–H and O–H groups in total. The normalized spacial score (nSPS) is 10.6. The van der Waals surface area contributed by atoms with Gasteiger partial charge in [0.05, 0.1) is 17.8 Å². The summed E-state index contributed by atoms with van der Waals surface area (Å²) in [6.07, 6.45) is 1.51. The summed E-state index contributed by atoms with van der Waals surface area (Å²) >= 11 is 3.36. The number of carbonyl (C=O) groups excluding carboxylic acids is 1. The average Bonchev–Trinajstić information content (AvgIpc) is 2.48. The number of methoxy groups -OCH3 is 1. The SMILES string of the molecule is COc1ccc(/C=N\NC(=O)c2ccc(F)cc2)cc1Br. The summed E-state index contributed by atoms with van der Waals surface area (Å²) in [7, 11) is 1.58. The van der Waals surface area contributed by atoms with Crippen molar-refractivity contribution < 1.29 is 13.9 Å². The molecular weight excluding hydrogens is 339 g/mol. The molecule has 6 heteroatoms. The van der Waals surface area contributed by atoms with Gasteiger partial charge in [-0.25, -0.2) is 9.82 Å². The number of hydrogen-bond acceptors (Lipinski definition) is 3. The first-order valence-corrected chi connectivity index (χ1v) is 6.82. The van der Waals surface area contributed by atoms with Crippen LogP contribution in [-0.4, -0.2) is 19.2 Å². The molecule has 0 saturated heterocycles. The molecule has 0 heterocycles. The number of benzene rings is 2. The molecule has 2 aromatic rings. The second-order valence-electron chi connectivity index (χ2n) is 4.10. The van der Waals surface area contributed by atoms with Gasteiger partial charge < -0.3 is 4.74 Å². The Hall–Kier alpha value is -2.21. The number of rotatable bonds is 4. The van der Waals surface area contributed by atoms with E-state index in [1.54, 1.807) is 19.2 Å². The lowest BCUT2D eigenvalue weighted by atomic mass is 10.2. The summed E-state index contributed by atoms with van der Waals surface area (Å²) in [5.74, 6) is -0.0838. The van der Waals surface area contributed by atoms with E-state index in [0.717, 1.165) is 10.0 Å². The summed E-state index contributed by atoms with van der Waals surface area (Å²) in [4.78, 5) is 11.7. The van der Waals surface area contributed by atoms with Crippen molar-refractivity contribution in [2.45, 2.75) is 0 Å². The topological polar surface area (TPSA) is 50.7 Å². The van der Waals surface area contributed by atoms with Gasteiger partial charge in [0.15, 0.2) is 0 Å². The fourth-order valence-electron chi connectivity index (χ4n) is 1.59. The molecule has 0 aromatic heterocycles. The predicted molar refractivity (Wildman–Crippen MR) is 82.2 cm³/mol. The molecule has 0 bridgehead atoms. The van der Waals surface area contributed by atoms with Crippen LogP contribution >= 0.6 is 15.9 Å². The molecule has 0 spiro atoms. The van der Waals surface area contributed by atoms with E-state index < -0.39 is 11.7 Å². The molecule has 0 saturated carbocycles. The minimum atomic E-state index is -0.404. The second kappa shape index (κ2) is 6.99. The Bertz CT molecular complexity index is 672. The molecule has 0 radical (unpaired) electrons. The second-order valence-corrected chi connectivity index (χ2v) is 4.95. The van der Waals surface area contributed by atoms with Crippen molar-refractivity contribution >= 4 is 28.1 Å². The van der Waals surface area contributed by atoms with E-state index in [1.165, 1.54) is 30.5 Å². The van der Waals surface area contributed by atoms with Crippen LogP contribution < -0.4 is 10.2 Å². The fraction of sp³-hybridized carbons (Fsp3) is 0.0667. The van der Waals surface area contributed by atoms with E-state index >= 15 is 0 Å². The fourth-order valence-corrected chi connectivity index (χ4v) is 2.15. The lowest BCUT2D eigenvalue weighted by Crippen LogP contribution is -2.17. The highest BCUT2D eigenvalue weighted by atomic mass is 79.9. The molecule has 21 heavy (non-hydrogen) atoms. The van der Waals surface area contributed by atoms with E-state index in [-0.39, 0.29) is 0 Å². The van der Waals surface area contributed by atoms with Gasteiger partial charge in [0.25, 0.3) is 5.91 Å². The van der Waals surface area contributed by atoms with Crippen molar-refractivity contribution in [2.24, 2.45) is 5.10 Å². The zero-order chi connectivity index (χ0) is 15.2. The number of carbonyl (C=O) groups is 1. The smallest absolute Gasteiger partial charge is 0.271 e. The Morgan fingerprint density at radius 1 is 1.29 bits per heavy atom. The maximum atomic E-state index is 12.7. The van der Waals surface area contributed by atoms with Crippen molar-refractivity contribution in [1.29, 1.82) is 0 Å². The average molecular weight is 351 g/mol. The van der Waals surface area contributed by atoms with Crippen molar-refractivity contribution in [3.05, 3.63) is 63.9 Å². The number of halogens is 2. The molecule has 1 amide bonds. The van der Waals surface area contributed by atoms with Crippen LogP contribution in [0.4, 0.5) is 4.39 Å². The Balaban J connectivity index is 2.00. The van der Waals surface area contributed by atoms with E-state index in [4.69, 9.17) is 4.74 Å². The minimum absolute atomic E-state index is 0.337. The first-order valence-electron chi connectivity index (χ1n) is 6.02. The monoisotopic (exact) mass is 350 g/mol. The van der Waals surface area contributed by atoms with E-state index in [1.807, 2.05) is 6.07 Å². The first-order chi connectivity index (χ1) is 10.1. The van der Waals surface area contributed by atoms with Crippen LogP contribution in [0.15, 0.2) is 52.0 Å².